The molecule has 0 fully saturated rings. The van der Waals surface area contributed by atoms with Gasteiger partial charge in [-0.2, -0.15) is 14.3 Å². The van der Waals surface area contributed by atoms with Gasteiger partial charge in [-0.25, -0.2) is 0 Å². The fourth-order valence-electron chi connectivity index (χ4n) is 4.30. The molecule has 0 bridgehead atoms. The van der Waals surface area contributed by atoms with Crippen molar-refractivity contribution in [3.8, 4) is 23.1 Å². The van der Waals surface area contributed by atoms with Crippen LogP contribution in [-0.2, 0) is 4.79 Å². The lowest BCUT2D eigenvalue weighted by Gasteiger charge is -2.26. The Morgan fingerprint density at radius 2 is 1.70 bits per heavy atom. The largest absolute Gasteiger partial charge is 0.496 e. The second-order valence-corrected chi connectivity index (χ2v) is 7.72. The van der Waals surface area contributed by atoms with Gasteiger partial charge >= 0.3 is 0 Å². The smallest absolute Gasteiger partial charge is 0.226 e. The molecule has 1 aliphatic rings. The first-order valence-corrected chi connectivity index (χ1v) is 10.3. The number of fused-ring (bicyclic) bond motifs is 2. The number of aryl methyl sites for hydroxylation is 2. The van der Waals surface area contributed by atoms with Crippen LogP contribution in [0.15, 0.2) is 24.3 Å². The number of nitrogens with zero attached hydrogens (tertiary/aromatic N) is 6. The van der Waals surface area contributed by atoms with E-state index < -0.39 is 0 Å². The Bertz CT molecular complexity index is 1390. The van der Waals surface area contributed by atoms with Crippen LogP contribution < -0.4 is 19.5 Å². The van der Waals surface area contributed by atoms with Crippen LogP contribution in [0.1, 0.15) is 35.0 Å². The van der Waals surface area contributed by atoms with Crippen molar-refractivity contribution in [3.63, 3.8) is 0 Å². The number of ether oxygens (including phenoxy) is 3. The molecule has 33 heavy (non-hydrogen) atoms. The third kappa shape index (κ3) is 3.23. The molecule has 0 spiro atoms. The molecule has 1 aliphatic heterocycles. The number of amides is 1. The minimum Gasteiger partial charge on any atom is -0.496 e. The van der Waals surface area contributed by atoms with E-state index in [1.54, 1.807) is 42.7 Å². The first kappa shape index (κ1) is 20.7. The van der Waals surface area contributed by atoms with Crippen LogP contribution in [-0.4, -0.2) is 56.8 Å². The summed E-state index contributed by atoms with van der Waals surface area (Å²) in [5, 5.41) is 20.4. The Hall–Kier alpha value is -4.15. The van der Waals surface area contributed by atoms with Crippen LogP contribution in [0, 0.1) is 13.8 Å². The van der Waals surface area contributed by atoms with Crippen molar-refractivity contribution in [3.05, 3.63) is 46.9 Å². The first-order chi connectivity index (χ1) is 15.9. The summed E-state index contributed by atoms with van der Waals surface area (Å²) in [4.78, 5) is 12.8. The van der Waals surface area contributed by atoms with Gasteiger partial charge in [-0.1, -0.05) is 0 Å². The van der Waals surface area contributed by atoms with Gasteiger partial charge in [0.15, 0.2) is 28.8 Å². The van der Waals surface area contributed by atoms with Crippen LogP contribution in [0.2, 0.25) is 0 Å². The molecule has 1 amide bonds. The zero-order valence-corrected chi connectivity index (χ0v) is 18.9. The predicted octanol–water partition coefficient (Wildman–Crippen LogP) is 2.43. The van der Waals surface area contributed by atoms with Crippen molar-refractivity contribution in [1.82, 2.24) is 29.6 Å². The molecule has 4 aromatic rings. The summed E-state index contributed by atoms with van der Waals surface area (Å²) in [6, 6.07) is 7.23. The van der Waals surface area contributed by atoms with Gasteiger partial charge in [0.2, 0.25) is 5.91 Å². The van der Waals surface area contributed by atoms with Crippen molar-refractivity contribution < 1.29 is 19.0 Å². The Labute approximate surface area is 189 Å². The molecule has 11 heteroatoms. The number of hydrogen-bond donors (Lipinski definition) is 1. The maximum absolute atomic E-state index is 12.8. The summed E-state index contributed by atoms with van der Waals surface area (Å²) in [6.45, 7) is 3.73. The summed E-state index contributed by atoms with van der Waals surface area (Å²) in [7, 11) is 4.73. The minimum absolute atomic E-state index is 0.132. The fourth-order valence-corrected chi connectivity index (χ4v) is 4.30. The zero-order chi connectivity index (χ0) is 23.3. The third-order valence-corrected chi connectivity index (χ3v) is 5.84. The van der Waals surface area contributed by atoms with E-state index in [1.165, 1.54) is 0 Å². The molecular formula is C22H23N7O4. The van der Waals surface area contributed by atoms with Crippen molar-refractivity contribution in [2.45, 2.75) is 26.2 Å². The standard InChI is InChI=1S/C22H23N7O4/c1-11-21-14(13-8-16(32-4)17(33-5)10-15(13)31-3)9-20(30)23-22(21)29(26-11)19-7-6-18-25-24-12(2)28(18)27-19/h6-8,10,14H,9H2,1-5H3,(H,23,30). The maximum Gasteiger partial charge on any atom is 0.226 e. The van der Waals surface area contributed by atoms with E-state index in [1.807, 2.05) is 26.0 Å². The van der Waals surface area contributed by atoms with Crippen LogP contribution in [0.5, 0.6) is 17.2 Å². The highest BCUT2D eigenvalue weighted by atomic mass is 16.5. The Balaban J connectivity index is 1.69. The average molecular weight is 449 g/mol. The molecule has 1 N–H and O–H groups in total. The average Bonchev–Trinajstić information content (AvgIpc) is 3.36. The van der Waals surface area contributed by atoms with Crippen LogP contribution in [0.3, 0.4) is 0 Å². The summed E-state index contributed by atoms with van der Waals surface area (Å²) < 4.78 is 19.8. The molecular weight excluding hydrogens is 426 g/mol. The fraction of sp³-hybridized carbons (Fsp3) is 0.318. The van der Waals surface area contributed by atoms with Gasteiger partial charge in [0.05, 0.1) is 27.0 Å². The van der Waals surface area contributed by atoms with Gasteiger partial charge in [-0.3, -0.25) is 4.79 Å². The number of methoxy groups -OCH3 is 3. The van der Waals surface area contributed by atoms with Crippen molar-refractivity contribution in [1.29, 1.82) is 0 Å². The molecule has 11 nitrogen and oxygen atoms in total. The molecule has 0 radical (unpaired) electrons. The van der Waals surface area contributed by atoms with Gasteiger partial charge in [0.25, 0.3) is 0 Å². The summed E-state index contributed by atoms with van der Waals surface area (Å²) in [6.07, 6.45) is 0.238. The molecule has 5 rings (SSSR count). The summed E-state index contributed by atoms with van der Waals surface area (Å²) in [5.41, 5.74) is 3.11. The van der Waals surface area contributed by atoms with E-state index in [2.05, 4.69) is 20.6 Å². The first-order valence-electron chi connectivity index (χ1n) is 10.3. The molecule has 1 aromatic carbocycles. The number of aromatic nitrogens is 6. The Kier molecular flexibility index (Phi) is 4.88. The van der Waals surface area contributed by atoms with Gasteiger partial charge in [0, 0.05) is 29.5 Å². The van der Waals surface area contributed by atoms with E-state index in [9.17, 15) is 4.79 Å². The van der Waals surface area contributed by atoms with E-state index in [4.69, 9.17) is 19.3 Å². The van der Waals surface area contributed by atoms with Crippen molar-refractivity contribution >= 4 is 17.4 Å². The molecule has 1 atom stereocenters. The number of nitrogens with one attached hydrogen (secondary N) is 1. The highest BCUT2D eigenvalue weighted by Crippen LogP contribution is 2.46. The maximum atomic E-state index is 12.8. The van der Waals surface area contributed by atoms with E-state index in [0.29, 0.717) is 40.4 Å². The van der Waals surface area contributed by atoms with Crippen molar-refractivity contribution in [2.75, 3.05) is 26.6 Å². The highest BCUT2D eigenvalue weighted by molar-refractivity contribution is 5.95. The number of carbonyl (C=O) groups excluding carboxylic acids is 1. The lowest BCUT2D eigenvalue weighted by atomic mass is 9.85. The predicted molar refractivity (Wildman–Crippen MR) is 119 cm³/mol. The van der Waals surface area contributed by atoms with E-state index in [-0.39, 0.29) is 18.2 Å². The Morgan fingerprint density at radius 3 is 2.42 bits per heavy atom. The number of anilines is 1. The summed E-state index contributed by atoms with van der Waals surface area (Å²) in [5.74, 6) is 3.04. The quantitative estimate of drug-likeness (QED) is 0.494. The summed E-state index contributed by atoms with van der Waals surface area (Å²) >= 11 is 0. The van der Waals surface area contributed by atoms with Gasteiger partial charge in [0.1, 0.15) is 11.6 Å². The van der Waals surface area contributed by atoms with Crippen LogP contribution in [0.4, 0.5) is 5.82 Å². The molecule has 0 aliphatic carbocycles. The zero-order valence-electron chi connectivity index (χ0n) is 18.9. The molecule has 1 unspecified atom stereocenters. The van der Waals surface area contributed by atoms with Crippen LogP contribution in [0.25, 0.3) is 11.5 Å². The molecule has 3 aromatic heterocycles. The van der Waals surface area contributed by atoms with Gasteiger partial charge in [-0.15, -0.1) is 15.3 Å². The SMILES string of the molecule is COc1cc(OC)c(C2CC(=O)Nc3c2c(C)nn3-c2ccc3nnc(C)n3n2)cc1OC. The lowest BCUT2D eigenvalue weighted by molar-refractivity contribution is -0.116. The molecule has 4 heterocycles. The van der Waals surface area contributed by atoms with Crippen LogP contribution >= 0.6 is 0 Å². The number of benzene rings is 1. The number of carbonyl (C=O) groups is 1. The molecule has 0 saturated carbocycles. The second-order valence-electron chi connectivity index (χ2n) is 7.72. The third-order valence-electron chi connectivity index (χ3n) is 5.84. The minimum atomic E-state index is -0.294. The topological polar surface area (TPSA) is 118 Å². The lowest BCUT2D eigenvalue weighted by Crippen LogP contribution is -2.25. The number of rotatable bonds is 5. The monoisotopic (exact) mass is 449 g/mol. The second kappa shape index (κ2) is 7.76. The number of hydrogen-bond acceptors (Lipinski definition) is 8. The van der Waals surface area contributed by atoms with E-state index >= 15 is 0 Å². The molecule has 170 valence electrons. The van der Waals surface area contributed by atoms with Gasteiger partial charge < -0.3 is 19.5 Å². The van der Waals surface area contributed by atoms with Crippen molar-refractivity contribution in [2.24, 2.45) is 0 Å². The highest BCUT2D eigenvalue weighted by Gasteiger charge is 2.35. The normalized spacial score (nSPS) is 15.3. The molecule has 0 saturated heterocycles. The van der Waals surface area contributed by atoms with E-state index in [0.717, 1.165) is 16.8 Å². The Morgan fingerprint density at radius 1 is 0.970 bits per heavy atom. The van der Waals surface area contributed by atoms with Gasteiger partial charge in [-0.05, 0) is 32.0 Å².